The Morgan fingerprint density at radius 1 is 1.32 bits per heavy atom. The van der Waals surface area contributed by atoms with Gasteiger partial charge in [0.05, 0.1) is 29.8 Å². The van der Waals surface area contributed by atoms with Crippen LogP contribution in [0.5, 0.6) is 0 Å². The van der Waals surface area contributed by atoms with Crippen LogP contribution in [0.2, 0.25) is 0 Å². The quantitative estimate of drug-likeness (QED) is 0.505. The van der Waals surface area contributed by atoms with Crippen molar-refractivity contribution in [1.82, 2.24) is 14.5 Å². The van der Waals surface area contributed by atoms with E-state index in [1.165, 1.54) is 11.3 Å². The van der Waals surface area contributed by atoms with E-state index >= 15 is 0 Å². The van der Waals surface area contributed by atoms with Gasteiger partial charge in [0.1, 0.15) is 10.8 Å². The highest BCUT2D eigenvalue weighted by atomic mass is 32.1. The maximum atomic E-state index is 11.7. The summed E-state index contributed by atoms with van der Waals surface area (Å²) in [5.41, 5.74) is 4.48. The molecule has 4 aromatic rings. The number of aryl methyl sites for hydroxylation is 1. The van der Waals surface area contributed by atoms with Gasteiger partial charge in [-0.3, -0.25) is 4.98 Å². The van der Waals surface area contributed by atoms with Gasteiger partial charge >= 0.3 is 5.97 Å². The molecule has 0 aliphatic rings. The van der Waals surface area contributed by atoms with Crippen molar-refractivity contribution in [3.05, 3.63) is 70.9 Å². The average molecular weight is 393 g/mol. The van der Waals surface area contributed by atoms with E-state index in [1.807, 2.05) is 34.2 Å². The summed E-state index contributed by atoms with van der Waals surface area (Å²) in [5, 5.41) is 12.4. The molecule has 0 saturated carbocycles. The van der Waals surface area contributed by atoms with Crippen LogP contribution in [-0.2, 0) is 13.0 Å². The summed E-state index contributed by atoms with van der Waals surface area (Å²) in [7, 11) is 0. The van der Waals surface area contributed by atoms with Crippen LogP contribution in [0.1, 0.15) is 34.4 Å². The highest BCUT2D eigenvalue weighted by Crippen LogP contribution is 2.32. The molecule has 28 heavy (non-hydrogen) atoms. The molecule has 1 N–H and O–H groups in total. The lowest BCUT2D eigenvalue weighted by Crippen LogP contribution is -2.05. The van der Waals surface area contributed by atoms with Crippen molar-refractivity contribution < 1.29 is 14.3 Å². The number of carboxylic acid groups (broad SMARTS) is 1. The van der Waals surface area contributed by atoms with E-state index in [2.05, 4.69) is 11.9 Å². The summed E-state index contributed by atoms with van der Waals surface area (Å²) in [6.45, 7) is 4.32. The van der Waals surface area contributed by atoms with Crippen molar-refractivity contribution in [3.63, 3.8) is 0 Å². The molecule has 0 radical (unpaired) electrons. The van der Waals surface area contributed by atoms with Gasteiger partial charge in [-0.2, -0.15) is 0 Å². The number of hydrogen-bond acceptors (Lipinski definition) is 5. The number of hydrogen-bond donors (Lipinski definition) is 1. The van der Waals surface area contributed by atoms with E-state index in [1.54, 1.807) is 25.5 Å². The lowest BCUT2D eigenvalue weighted by atomic mass is 10.2. The molecule has 142 valence electrons. The summed E-state index contributed by atoms with van der Waals surface area (Å²) in [5.74, 6) is -0.191. The number of thiazole rings is 1. The summed E-state index contributed by atoms with van der Waals surface area (Å²) in [6, 6.07) is 9.36. The Bertz CT molecular complexity index is 1130. The molecule has 0 spiro atoms. The summed E-state index contributed by atoms with van der Waals surface area (Å²) >= 11 is 1.53. The fourth-order valence-corrected chi connectivity index (χ4v) is 3.98. The molecule has 0 aromatic carbocycles. The molecular formula is C21H19N3O3S. The van der Waals surface area contributed by atoms with Gasteiger partial charge in [0.25, 0.3) is 0 Å². The predicted molar refractivity (Wildman–Crippen MR) is 108 cm³/mol. The molecule has 7 heteroatoms. The Morgan fingerprint density at radius 3 is 2.89 bits per heavy atom. The normalized spacial score (nSPS) is 11.1. The largest absolute Gasteiger partial charge is 0.478 e. The molecule has 4 aromatic heterocycles. The first kappa shape index (κ1) is 18.2. The lowest BCUT2D eigenvalue weighted by molar-refractivity contribution is 0.0696. The minimum absolute atomic E-state index is 0.272. The first-order valence-corrected chi connectivity index (χ1v) is 9.81. The molecule has 0 aliphatic carbocycles. The zero-order valence-electron chi connectivity index (χ0n) is 15.5. The molecule has 0 saturated heterocycles. The average Bonchev–Trinajstić information content (AvgIpc) is 3.44. The molecule has 0 aliphatic heterocycles. The van der Waals surface area contributed by atoms with Crippen LogP contribution < -0.4 is 0 Å². The first-order valence-electron chi connectivity index (χ1n) is 8.93. The number of furan rings is 1. The van der Waals surface area contributed by atoms with Crippen molar-refractivity contribution in [3.8, 4) is 22.0 Å². The molecule has 4 rings (SSSR count). The molecule has 0 bridgehead atoms. The van der Waals surface area contributed by atoms with Crippen LogP contribution in [-0.4, -0.2) is 25.6 Å². The smallest absolute Gasteiger partial charge is 0.337 e. The fourth-order valence-electron chi connectivity index (χ4n) is 3.16. The number of carboxylic acids is 1. The first-order chi connectivity index (χ1) is 13.6. The van der Waals surface area contributed by atoms with Crippen LogP contribution in [0, 0.1) is 6.92 Å². The van der Waals surface area contributed by atoms with Crippen molar-refractivity contribution in [2.45, 2.75) is 26.8 Å². The SMILES string of the molecule is CCc1cc(-c2nc(-c3cc(C(=O)O)c(C)n3Cc3ccco3)cs2)ccn1. The number of aromatic nitrogens is 3. The maximum Gasteiger partial charge on any atom is 0.337 e. The third kappa shape index (κ3) is 3.36. The van der Waals surface area contributed by atoms with Crippen molar-refractivity contribution in [2.75, 3.05) is 0 Å². The van der Waals surface area contributed by atoms with E-state index < -0.39 is 5.97 Å². The molecule has 6 nitrogen and oxygen atoms in total. The number of nitrogens with zero attached hydrogens (tertiary/aromatic N) is 3. The van der Waals surface area contributed by atoms with Crippen LogP contribution in [0.15, 0.2) is 52.6 Å². The lowest BCUT2D eigenvalue weighted by Gasteiger charge is -2.08. The van der Waals surface area contributed by atoms with Gasteiger partial charge in [-0.15, -0.1) is 11.3 Å². The summed E-state index contributed by atoms with van der Waals surface area (Å²) in [6.07, 6.45) is 4.27. The van der Waals surface area contributed by atoms with Crippen molar-refractivity contribution in [2.24, 2.45) is 0 Å². The van der Waals surface area contributed by atoms with E-state index in [9.17, 15) is 9.90 Å². The molecule has 0 fully saturated rings. The topological polar surface area (TPSA) is 81.1 Å². The third-order valence-corrected chi connectivity index (χ3v) is 5.57. The van der Waals surface area contributed by atoms with E-state index in [0.29, 0.717) is 12.2 Å². The second-order valence-corrected chi connectivity index (χ2v) is 7.28. The van der Waals surface area contributed by atoms with Gasteiger partial charge in [-0.25, -0.2) is 9.78 Å². The Kier molecular flexibility index (Phi) is 4.83. The third-order valence-electron chi connectivity index (χ3n) is 4.68. The summed E-state index contributed by atoms with van der Waals surface area (Å²) in [4.78, 5) is 20.8. The van der Waals surface area contributed by atoms with Crippen LogP contribution in [0.3, 0.4) is 0 Å². The Labute approximate surface area is 166 Å². The zero-order chi connectivity index (χ0) is 19.7. The van der Waals surface area contributed by atoms with Crippen LogP contribution in [0.4, 0.5) is 0 Å². The molecular weight excluding hydrogens is 374 g/mol. The fraction of sp³-hybridized carbons (Fsp3) is 0.190. The molecule has 0 amide bonds. The zero-order valence-corrected chi connectivity index (χ0v) is 16.4. The number of pyridine rings is 1. The van der Waals surface area contributed by atoms with Gasteiger partial charge < -0.3 is 14.1 Å². The standard InChI is InChI=1S/C21H19N3O3S/c1-3-15-9-14(6-7-22-15)20-23-18(12-28-20)19-10-17(21(25)26)13(2)24(19)11-16-5-4-8-27-16/h4-10,12H,3,11H2,1-2H3,(H,25,26). The Morgan fingerprint density at radius 2 is 2.18 bits per heavy atom. The molecule has 0 atom stereocenters. The van der Waals surface area contributed by atoms with Crippen LogP contribution >= 0.6 is 11.3 Å². The number of aromatic carboxylic acids is 1. The summed E-state index contributed by atoms with van der Waals surface area (Å²) < 4.78 is 7.40. The van der Waals surface area contributed by atoms with E-state index in [0.717, 1.165) is 39.8 Å². The van der Waals surface area contributed by atoms with E-state index in [4.69, 9.17) is 9.40 Å². The second-order valence-electron chi connectivity index (χ2n) is 6.43. The number of rotatable bonds is 6. The Hall–Kier alpha value is -3.19. The van der Waals surface area contributed by atoms with Crippen molar-refractivity contribution >= 4 is 17.3 Å². The van der Waals surface area contributed by atoms with Crippen molar-refractivity contribution in [1.29, 1.82) is 0 Å². The number of carbonyl (C=O) groups is 1. The highest BCUT2D eigenvalue weighted by Gasteiger charge is 2.20. The van der Waals surface area contributed by atoms with E-state index in [-0.39, 0.29) is 5.56 Å². The van der Waals surface area contributed by atoms with Gasteiger partial charge in [0.2, 0.25) is 0 Å². The van der Waals surface area contributed by atoms with Crippen LogP contribution in [0.25, 0.3) is 22.0 Å². The Balaban J connectivity index is 1.77. The molecule has 0 unspecified atom stereocenters. The highest BCUT2D eigenvalue weighted by molar-refractivity contribution is 7.13. The molecule has 4 heterocycles. The van der Waals surface area contributed by atoms with Gasteiger partial charge in [-0.1, -0.05) is 6.92 Å². The van der Waals surface area contributed by atoms with Gasteiger partial charge in [0.15, 0.2) is 0 Å². The minimum atomic E-state index is -0.950. The second kappa shape index (κ2) is 7.44. The minimum Gasteiger partial charge on any atom is -0.478 e. The van der Waals surface area contributed by atoms with Gasteiger partial charge in [0, 0.05) is 28.5 Å². The predicted octanol–water partition coefficient (Wildman–Crippen LogP) is 4.88. The van der Waals surface area contributed by atoms with Gasteiger partial charge in [-0.05, 0) is 43.7 Å². The maximum absolute atomic E-state index is 11.7. The monoisotopic (exact) mass is 393 g/mol.